The van der Waals surface area contributed by atoms with Gasteiger partial charge in [0.15, 0.2) is 0 Å². The molecule has 0 aliphatic carbocycles. The van der Waals surface area contributed by atoms with Gasteiger partial charge in [0, 0.05) is 17.4 Å². The summed E-state index contributed by atoms with van der Waals surface area (Å²) in [6.45, 7) is -0.0616. The molecule has 0 aromatic carbocycles. The number of aromatic nitrogens is 1. The number of rotatable bonds is 3. The van der Waals surface area contributed by atoms with E-state index in [-0.39, 0.29) is 6.61 Å². The lowest BCUT2D eigenvalue weighted by Gasteiger charge is -1.88. The lowest BCUT2D eigenvalue weighted by molar-refractivity contribution is 0.265. The van der Waals surface area contributed by atoms with Crippen molar-refractivity contribution in [3.8, 4) is 0 Å². The van der Waals surface area contributed by atoms with Crippen LogP contribution in [0.1, 0.15) is 16.3 Å². The third kappa shape index (κ3) is 1.96. The van der Waals surface area contributed by atoms with Gasteiger partial charge >= 0.3 is 0 Å². The average molecular weight is 195 g/mol. The van der Waals surface area contributed by atoms with Crippen LogP contribution in [-0.2, 0) is 13.0 Å². The van der Waals surface area contributed by atoms with E-state index in [1.807, 2.05) is 17.5 Å². The van der Waals surface area contributed by atoms with Gasteiger partial charge in [-0.1, -0.05) is 11.2 Å². The molecule has 68 valence electrons. The molecule has 0 unspecified atom stereocenters. The molecule has 0 saturated carbocycles. The van der Waals surface area contributed by atoms with Crippen molar-refractivity contribution in [1.29, 1.82) is 0 Å². The first-order chi connectivity index (χ1) is 6.38. The summed E-state index contributed by atoms with van der Waals surface area (Å²) in [7, 11) is 0. The fourth-order valence-electron chi connectivity index (χ4n) is 1.10. The van der Waals surface area contributed by atoms with E-state index in [4.69, 9.17) is 9.63 Å². The molecule has 4 heteroatoms. The van der Waals surface area contributed by atoms with Gasteiger partial charge in [0.05, 0.1) is 6.61 Å². The zero-order valence-electron chi connectivity index (χ0n) is 6.93. The lowest BCUT2D eigenvalue weighted by atomic mass is 10.2. The van der Waals surface area contributed by atoms with Gasteiger partial charge in [-0.2, -0.15) is 0 Å². The predicted octanol–water partition coefficient (Wildman–Crippen LogP) is 1.82. The molecular weight excluding hydrogens is 186 g/mol. The number of nitrogens with zero attached hydrogens (tertiary/aromatic N) is 1. The molecule has 2 heterocycles. The molecular formula is C9H9NO2S. The number of aliphatic hydroxyl groups excluding tert-OH is 1. The molecule has 0 radical (unpaired) electrons. The SMILES string of the molecule is OCc1cc(Cc2cccs2)on1. The quantitative estimate of drug-likeness (QED) is 0.812. The van der Waals surface area contributed by atoms with Crippen LogP contribution in [0.4, 0.5) is 0 Å². The Morgan fingerprint density at radius 3 is 3.08 bits per heavy atom. The topological polar surface area (TPSA) is 46.3 Å². The fraction of sp³-hybridized carbons (Fsp3) is 0.222. The highest BCUT2D eigenvalue weighted by Crippen LogP contribution is 2.15. The minimum atomic E-state index is -0.0616. The van der Waals surface area contributed by atoms with Gasteiger partial charge in [0.1, 0.15) is 11.5 Å². The molecule has 0 spiro atoms. The van der Waals surface area contributed by atoms with Gasteiger partial charge in [0.25, 0.3) is 0 Å². The zero-order chi connectivity index (χ0) is 9.10. The molecule has 13 heavy (non-hydrogen) atoms. The van der Waals surface area contributed by atoms with Crippen molar-refractivity contribution in [3.05, 3.63) is 39.9 Å². The van der Waals surface area contributed by atoms with Gasteiger partial charge in [0.2, 0.25) is 0 Å². The molecule has 2 aromatic rings. The van der Waals surface area contributed by atoms with Crippen molar-refractivity contribution in [2.24, 2.45) is 0 Å². The maximum atomic E-state index is 8.76. The van der Waals surface area contributed by atoms with Crippen LogP contribution in [0, 0.1) is 0 Å². The van der Waals surface area contributed by atoms with E-state index in [1.165, 1.54) is 4.88 Å². The Bertz CT molecular complexity index is 367. The van der Waals surface area contributed by atoms with Crippen molar-refractivity contribution < 1.29 is 9.63 Å². The summed E-state index contributed by atoms with van der Waals surface area (Å²) < 4.78 is 5.03. The Balaban J connectivity index is 2.10. The van der Waals surface area contributed by atoms with E-state index in [0.717, 1.165) is 12.2 Å². The molecule has 1 N–H and O–H groups in total. The summed E-state index contributed by atoms with van der Waals surface area (Å²) in [5, 5.41) is 14.5. The number of thiophene rings is 1. The van der Waals surface area contributed by atoms with Gasteiger partial charge in [-0.15, -0.1) is 11.3 Å². The molecule has 0 amide bonds. The molecule has 2 aromatic heterocycles. The van der Waals surface area contributed by atoms with E-state index in [9.17, 15) is 0 Å². The molecule has 0 atom stereocenters. The highest BCUT2D eigenvalue weighted by Gasteiger charge is 2.04. The molecule has 3 nitrogen and oxygen atoms in total. The fourth-order valence-corrected chi connectivity index (χ4v) is 1.81. The molecule has 0 aliphatic heterocycles. The van der Waals surface area contributed by atoms with Crippen LogP contribution >= 0.6 is 11.3 Å². The largest absolute Gasteiger partial charge is 0.390 e. The van der Waals surface area contributed by atoms with Crippen LogP contribution in [0.5, 0.6) is 0 Å². The van der Waals surface area contributed by atoms with Crippen LogP contribution in [0.15, 0.2) is 28.1 Å². The van der Waals surface area contributed by atoms with Crippen molar-refractivity contribution in [3.63, 3.8) is 0 Å². The van der Waals surface area contributed by atoms with Gasteiger partial charge in [-0.05, 0) is 11.4 Å². The first-order valence-corrected chi connectivity index (χ1v) is 4.84. The van der Waals surface area contributed by atoms with Crippen molar-refractivity contribution in [1.82, 2.24) is 5.16 Å². The van der Waals surface area contributed by atoms with E-state index < -0.39 is 0 Å². The third-order valence-electron chi connectivity index (χ3n) is 1.70. The van der Waals surface area contributed by atoms with Crippen molar-refractivity contribution in [2.75, 3.05) is 0 Å². The number of hydrogen-bond acceptors (Lipinski definition) is 4. The maximum absolute atomic E-state index is 8.76. The third-order valence-corrected chi connectivity index (χ3v) is 2.57. The maximum Gasteiger partial charge on any atom is 0.142 e. The molecule has 0 bridgehead atoms. The molecule has 2 rings (SSSR count). The lowest BCUT2D eigenvalue weighted by Crippen LogP contribution is -1.80. The highest BCUT2D eigenvalue weighted by atomic mass is 32.1. The van der Waals surface area contributed by atoms with Gasteiger partial charge < -0.3 is 9.63 Å². The standard InChI is InChI=1S/C9H9NO2S/c11-6-7-4-8(12-10-7)5-9-2-1-3-13-9/h1-4,11H,5-6H2. The number of hydrogen-bond donors (Lipinski definition) is 1. The Kier molecular flexibility index (Phi) is 2.42. The second-order valence-electron chi connectivity index (χ2n) is 2.70. The van der Waals surface area contributed by atoms with E-state index in [2.05, 4.69) is 5.16 Å². The van der Waals surface area contributed by atoms with E-state index >= 15 is 0 Å². The van der Waals surface area contributed by atoms with Crippen LogP contribution in [0.25, 0.3) is 0 Å². The summed E-state index contributed by atoms with van der Waals surface area (Å²) >= 11 is 1.68. The first kappa shape index (κ1) is 8.47. The monoisotopic (exact) mass is 195 g/mol. The van der Waals surface area contributed by atoms with Gasteiger partial charge in [-0.3, -0.25) is 0 Å². The minimum absolute atomic E-state index is 0.0616. The van der Waals surface area contributed by atoms with Crippen LogP contribution in [0.3, 0.4) is 0 Å². The smallest absolute Gasteiger partial charge is 0.142 e. The zero-order valence-corrected chi connectivity index (χ0v) is 7.75. The van der Waals surface area contributed by atoms with Crippen LogP contribution in [0.2, 0.25) is 0 Å². The summed E-state index contributed by atoms with van der Waals surface area (Å²) in [5.74, 6) is 0.798. The Morgan fingerprint density at radius 2 is 2.46 bits per heavy atom. The molecule has 0 fully saturated rings. The normalized spacial score (nSPS) is 10.5. The molecule has 0 aliphatic rings. The van der Waals surface area contributed by atoms with Crippen LogP contribution in [-0.4, -0.2) is 10.3 Å². The second-order valence-corrected chi connectivity index (χ2v) is 3.73. The first-order valence-electron chi connectivity index (χ1n) is 3.96. The summed E-state index contributed by atoms with van der Waals surface area (Å²) in [5.41, 5.74) is 0.589. The summed E-state index contributed by atoms with van der Waals surface area (Å²) in [6.07, 6.45) is 0.755. The molecule has 0 saturated heterocycles. The van der Waals surface area contributed by atoms with Gasteiger partial charge in [-0.25, -0.2) is 0 Å². The van der Waals surface area contributed by atoms with E-state index in [1.54, 1.807) is 17.4 Å². The minimum Gasteiger partial charge on any atom is -0.390 e. The van der Waals surface area contributed by atoms with Crippen molar-refractivity contribution >= 4 is 11.3 Å². The number of aliphatic hydroxyl groups is 1. The van der Waals surface area contributed by atoms with E-state index in [0.29, 0.717) is 5.69 Å². The summed E-state index contributed by atoms with van der Waals surface area (Å²) in [6, 6.07) is 5.83. The Labute approximate surface area is 79.6 Å². The van der Waals surface area contributed by atoms with Crippen LogP contribution < -0.4 is 0 Å². The second kappa shape index (κ2) is 3.72. The predicted molar refractivity (Wildman–Crippen MR) is 49.6 cm³/mol. The summed E-state index contributed by atoms with van der Waals surface area (Å²) in [4.78, 5) is 1.24. The highest BCUT2D eigenvalue weighted by molar-refractivity contribution is 7.09. The Morgan fingerprint density at radius 1 is 1.54 bits per heavy atom. The Hall–Kier alpha value is -1.13. The average Bonchev–Trinajstić information content (AvgIpc) is 2.76. The van der Waals surface area contributed by atoms with Crippen molar-refractivity contribution in [2.45, 2.75) is 13.0 Å².